The number of carbonyl (C=O) groups excluding carboxylic acids is 1. The van der Waals surface area contributed by atoms with E-state index in [9.17, 15) is 13.2 Å². The highest BCUT2D eigenvalue weighted by atomic mass is 35.5. The topological polar surface area (TPSA) is 78.5 Å². The first-order valence-corrected chi connectivity index (χ1v) is 10.6. The lowest BCUT2D eigenvalue weighted by Gasteiger charge is -2.24. The van der Waals surface area contributed by atoms with Crippen molar-refractivity contribution in [3.8, 4) is 0 Å². The number of amides is 1. The minimum absolute atomic E-state index is 0.0789. The minimum Gasteiger partial charge on any atom is -0.351 e. The van der Waals surface area contributed by atoms with E-state index >= 15 is 0 Å². The first kappa shape index (κ1) is 22.9. The molecule has 1 rings (SSSR count). The molecular formula is C18H30ClN3O3S. The van der Waals surface area contributed by atoms with Gasteiger partial charge in [0.15, 0.2) is 0 Å². The molecule has 0 aliphatic rings. The number of sulfonamides is 1. The summed E-state index contributed by atoms with van der Waals surface area (Å²) in [7, 11) is -3.82. The molecule has 0 spiro atoms. The number of halogens is 1. The van der Waals surface area contributed by atoms with E-state index < -0.39 is 15.6 Å². The fourth-order valence-corrected chi connectivity index (χ4v) is 4.45. The first-order chi connectivity index (χ1) is 11.9. The number of rotatable bonds is 8. The van der Waals surface area contributed by atoms with Crippen molar-refractivity contribution in [2.75, 3.05) is 19.6 Å². The largest absolute Gasteiger partial charge is 0.351 e. The fourth-order valence-electron chi connectivity index (χ4n) is 2.51. The van der Waals surface area contributed by atoms with Crippen molar-refractivity contribution < 1.29 is 13.2 Å². The van der Waals surface area contributed by atoms with Gasteiger partial charge in [-0.3, -0.25) is 9.69 Å². The van der Waals surface area contributed by atoms with Crippen molar-refractivity contribution in [1.82, 2.24) is 14.9 Å². The molecule has 2 N–H and O–H groups in total. The van der Waals surface area contributed by atoms with Gasteiger partial charge in [-0.15, -0.1) is 0 Å². The maximum Gasteiger partial charge on any atom is 0.251 e. The molecule has 0 saturated heterocycles. The molecule has 0 heterocycles. The monoisotopic (exact) mass is 403 g/mol. The van der Waals surface area contributed by atoms with Gasteiger partial charge in [-0.25, -0.2) is 13.1 Å². The van der Waals surface area contributed by atoms with Gasteiger partial charge in [0.2, 0.25) is 10.0 Å². The molecule has 1 aromatic rings. The summed E-state index contributed by atoms with van der Waals surface area (Å²) in [5.41, 5.74) is -0.391. The smallest absolute Gasteiger partial charge is 0.251 e. The van der Waals surface area contributed by atoms with Crippen LogP contribution >= 0.6 is 11.6 Å². The summed E-state index contributed by atoms with van der Waals surface area (Å²) >= 11 is 6.06. The average Bonchev–Trinajstić information content (AvgIpc) is 2.48. The van der Waals surface area contributed by atoms with Crippen LogP contribution in [0, 0.1) is 0 Å². The molecule has 0 saturated carbocycles. The summed E-state index contributed by atoms with van der Waals surface area (Å²) in [5.74, 6) is -0.325. The molecule has 26 heavy (non-hydrogen) atoms. The van der Waals surface area contributed by atoms with E-state index in [1.165, 1.54) is 18.2 Å². The zero-order chi connectivity index (χ0) is 20.1. The molecule has 0 bridgehead atoms. The highest BCUT2D eigenvalue weighted by molar-refractivity contribution is 7.89. The van der Waals surface area contributed by atoms with Crippen LogP contribution in [-0.2, 0) is 10.0 Å². The van der Waals surface area contributed by atoms with Crippen LogP contribution in [-0.4, -0.2) is 50.4 Å². The van der Waals surface area contributed by atoms with Crippen LogP contribution in [0.4, 0.5) is 0 Å². The van der Waals surface area contributed by atoms with Gasteiger partial charge in [0.25, 0.3) is 5.91 Å². The van der Waals surface area contributed by atoms with Crippen molar-refractivity contribution in [1.29, 1.82) is 0 Å². The van der Waals surface area contributed by atoms with Crippen molar-refractivity contribution in [3.05, 3.63) is 28.8 Å². The molecule has 0 aromatic heterocycles. The van der Waals surface area contributed by atoms with E-state index in [1.54, 1.807) is 20.8 Å². The normalized spacial score (nSPS) is 12.7. The van der Waals surface area contributed by atoms with Crippen molar-refractivity contribution >= 4 is 27.5 Å². The summed E-state index contributed by atoms with van der Waals surface area (Å²) < 4.78 is 27.6. The SMILES string of the molecule is CCN(CCNC(=O)c1ccc(Cl)c(S(=O)(=O)NC(C)(C)C)c1)C(C)C. The molecule has 0 aliphatic heterocycles. The second kappa shape index (κ2) is 9.17. The van der Waals surface area contributed by atoms with Crippen LogP contribution < -0.4 is 10.0 Å². The third-order valence-corrected chi connectivity index (χ3v) is 5.98. The highest BCUT2D eigenvalue weighted by Gasteiger charge is 2.25. The average molecular weight is 404 g/mol. The Labute approximate surface area is 162 Å². The maximum absolute atomic E-state index is 12.5. The second-order valence-corrected chi connectivity index (χ2v) is 9.54. The Bertz CT molecular complexity index is 728. The summed E-state index contributed by atoms with van der Waals surface area (Å²) in [6, 6.07) is 4.66. The highest BCUT2D eigenvalue weighted by Crippen LogP contribution is 2.24. The predicted octanol–water partition coefficient (Wildman–Crippen LogP) is 2.88. The molecule has 0 atom stereocenters. The van der Waals surface area contributed by atoms with Crippen LogP contribution in [0.25, 0.3) is 0 Å². The Balaban J connectivity index is 2.91. The number of benzene rings is 1. The summed E-state index contributed by atoms with van der Waals surface area (Å²) in [6.07, 6.45) is 0. The standard InChI is InChI=1S/C18H30ClN3O3S/c1-7-22(13(2)3)11-10-20-17(23)14-8-9-15(19)16(12-14)26(24,25)21-18(4,5)6/h8-9,12-13,21H,7,10-11H2,1-6H3,(H,20,23). The van der Waals surface area contributed by atoms with Gasteiger partial charge < -0.3 is 5.32 Å². The van der Waals surface area contributed by atoms with Crippen LogP contribution in [0.15, 0.2) is 23.1 Å². The Kier molecular flexibility index (Phi) is 8.07. The fraction of sp³-hybridized carbons (Fsp3) is 0.611. The Hall–Kier alpha value is -1.15. The van der Waals surface area contributed by atoms with Gasteiger partial charge in [-0.05, 0) is 59.4 Å². The van der Waals surface area contributed by atoms with Gasteiger partial charge in [-0.1, -0.05) is 18.5 Å². The van der Waals surface area contributed by atoms with Crippen LogP contribution in [0.3, 0.4) is 0 Å². The number of nitrogens with zero attached hydrogens (tertiary/aromatic N) is 1. The number of carbonyl (C=O) groups is 1. The molecule has 1 aromatic carbocycles. The Morgan fingerprint density at radius 3 is 2.38 bits per heavy atom. The van der Waals surface area contributed by atoms with E-state index in [1.807, 2.05) is 0 Å². The molecule has 0 aliphatic carbocycles. The number of likely N-dealkylation sites (N-methyl/N-ethyl adjacent to an activating group) is 1. The number of hydrogen-bond acceptors (Lipinski definition) is 4. The quantitative estimate of drug-likeness (QED) is 0.699. The van der Waals surface area contributed by atoms with E-state index in [-0.39, 0.29) is 21.4 Å². The molecular weight excluding hydrogens is 374 g/mol. The molecule has 0 unspecified atom stereocenters. The molecule has 0 radical (unpaired) electrons. The van der Waals surface area contributed by atoms with Crippen LogP contribution in [0.2, 0.25) is 5.02 Å². The lowest BCUT2D eigenvalue weighted by Crippen LogP contribution is -2.40. The van der Waals surface area contributed by atoms with Gasteiger partial charge in [0, 0.05) is 30.2 Å². The lowest BCUT2D eigenvalue weighted by atomic mass is 10.1. The van der Waals surface area contributed by atoms with Crippen LogP contribution in [0.1, 0.15) is 51.9 Å². The van der Waals surface area contributed by atoms with Crippen LogP contribution in [0.5, 0.6) is 0 Å². The van der Waals surface area contributed by atoms with E-state index in [0.29, 0.717) is 12.6 Å². The summed E-state index contributed by atoms with van der Waals surface area (Å²) in [5, 5.41) is 2.91. The Morgan fingerprint density at radius 1 is 1.27 bits per heavy atom. The zero-order valence-corrected chi connectivity index (χ0v) is 18.0. The van der Waals surface area contributed by atoms with E-state index in [2.05, 4.69) is 35.7 Å². The minimum atomic E-state index is -3.82. The second-order valence-electron chi connectivity index (χ2n) is 7.48. The van der Waals surface area contributed by atoms with Crippen molar-refractivity contribution in [2.45, 2.75) is 58.0 Å². The zero-order valence-electron chi connectivity index (χ0n) is 16.4. The van der Waals surface area contributed by atoms with Crippen molar-refractivity contribution in [3.63, 3.8) is 0 Å². The molecule has 8 heteroatoms. The molecule has 1 amide bonds. The first-order valence-electron chi connectivity index (χ1n) is 8.73. The van der Waals surface area contributed by atoms with Gasteiger partial charge in [0.1, 0.15) is 4.90 Å². The molecule has 6 nitrogen and oxygen atoms in total. The lowest BCUT2D eigenvalue weighted by molar-refractivity contribution is 0.0945. The molecule has 0 fully saturated rings. The van der Waals surface area contributed by atoms with Gasteiger partial charge in [0.05, 0.1) is 5.02 Å². The van der Waals surface area contributed by atoms with Crippen molar-refractivity contribution in [2.24, 2.45) is 0 Å². The number of nitrogens with one attached hydrogen (secondary N) is 2. The Morgan fingerprint density at radius 2 is 1.88 bits per heavy atom. The summed E-state index contributed by atoms with van der Waals surface area (Å²) in [4.78, 5) is 14.5. The third-order valence-electron chi connectivity index (χ3n) is 3.74. The predicted molar refractivity (Wildman–Crippen MR) is 106 cm³/mol. The third kappa shape index (κ3) is 6.87. The molecule has 148 valence electrons. The van der Waals surface area contributed by atoms with Gasteiger partial charge >= 0.3 is 0 Å². The van der Waals surface area contributed by atoms with E-state index in [4.69, 9.17) is 11.6 Å². The number of hydrogen-bond donors (Lipinski definition) is 2. The van der Waals surface area contributed by atoms with Gasteiger partial charge in [-0.2, -0.15) is 0 Å². The maximum atomic E-state index is 12.5. The van der Waals surface area contributed by atoms with E-state index in [0.717, 1.165) is 13.1 Å². The summed E-state index contributed by atoms with van der Waals surface area (Å²) in [6.45, 7) is 13.6.